The van der Waals surface area contributed by atoms with Crippen molar-refractivity contribution in [2.75, 3.05) is 12.8 Å². The zero-order valence-corrected chi connectivity index (χ0v) is 11.6. The number of ether oxygens (including phenoxy) is 2. The maximum atomic E-state index is 5.87. The molecule has 0 saturated carbocycles. The van der Waals surface area contributed by atoms with Crippen LogP contribution in [0.5, 0.6) is 11.5 Å². The van der Waals surface area contributed by atoms with Gasteiger partial charge in [0.2, 0.25) is 0 Å². The summed E-state index contributed by atoms with van der Waals surface area (Å²) in [5.74, 6) is 1.66. The van der Waals surface area contributed by atoms with Crippen LogP contribution in [0, 0.1) is 13.8 Å². The molecule has 0 heterocycles. The van der Waals surface area contributed by atoms with E-state index in [0.29, 0.717) is 12.3 Å². The van der Waals surface area contributed by atoms with Crippen LogP contribution in [-0.4, -0.2) is 7.11 Å². The highest BCUT2D eigenvalue weighted by Crippen LogP contribution is 2.25. The summed E-state index contributed by atoms with van der Waals surface area (Å²) in [4.78, 5) is 0. The Kier molecular flexibility index (Phi) is 3.95. The number of anilines is 1. The molecule has 2 rings (SSSR count). The van der Waals surface area contributed by atoms with Gasteiger partial charge >= 0.3 is 0 Å². The van der Waals surface area contributed by atoms with Gasteiger partial charge in [-0.3, -0.25) is 0 Å². The molecule has 2 aromatic rings. The molecule has 0 aliphatic carbocycles. The van der Waals surface area contributed by atoms with Crippen molar-refractivity contribution in [2.45, 2.75) is 20.5 Å². The molecule has 0 aromatic heterocycles. The monoisotopic (exact) mass is 257 g/mol. The van der Waals surface area contributed by atoms with Crippen molar-refractivity contribution in [1.82, 2.24) is 0 Å². The van der Waals surface area contributed by atoms with Gasteiger partial charge in [0.05, 0.1) is 7.11 Å². The molecule has 2 N–H and O–H groups in total. The van der Waals surface area contributed by atoms with Crippen molar-refractivity contribution in [3.8, 4) is 11.5 Å². The minimum Gasteiger partial charge on any atom is -0.496 e. The summed E-state index contributed by atoms with van der Waals surface area (Å²) in [5, 5.41) is 0. The minimum absolute atomic E-state index is 0.466. The van der Waals surface area contributed by atoms with Crippen LogP contribution in [0.1, 0.15) is 16.7 Å². The Morgan fingerprint density at radius 2 is 1.84 bits per heavy atom. The van der Waals surface area contributed by atoms with Gasteiger partial charge in [-0.2, -0.15) is 0 Å². The second-order valence-electron chi connectivity index (χ2n) is 4.56. The van der Waals surface area contributed by atoms with Crippen molar-refractivity contribution in [2.24, 2.45) is 0 Å². The SMILES string of the molecule is COc1cc(N)ccc1COc1cccc(C)c1C. The van der Waals surface area contributed by atoms with E-state index in [1.165, 1.54) is 5.56 Å². The first kappa shape index (κ1) is 13.3. The normalized spacial score (nSPS) is 10.3. The van der Waals surface area contributed by atoms with E-state index in [-0.39, 0.29) is 0 Å². The molecule has 3 heteroatoms. The maximum absolute atomic E-state index is 5.87. The molecule has 0 unspecified atom stereocenters. The lowest BCUT2D eigenvalue weighted by atomic mass is 10.1. The summed E-state index contributed by atoms with van der Waals surface area (Å²) in [6, 6.07) is 11.6. The molecule has 100 valence electrons. The average molecular weight is 257 g/mol. The van der Waals surface area contributed by atoms with Crippen LogP contribution in [0.25, 0.3) is 0 Å². The van der Waals surface area contributed by atoms with Crippen molar-refractivity contribution < 1.29 is 9.47 Å². The molecule has 0 radical (unpaired) electrons. The van der Waals surface area contributed by atoms with E-state index < -0.39 is 0 Å². The summed E-state index contributed by atoms with van der Waals surface area (Å²) in [6.45, 7) is 4.60. The van der Waals surface area contributed by atoms with E-state index in [1.807, 2.05) is 30.3 Å². The summed E-state index contributed by atoms with van der Waals surface area (Å²) in [7, 11) is 1.64. The van der Waals surface area contributed by atoms with E-state index in [2.05, 4.69) is 19.9 Å². The fourth-order valence-corrected chi connectivity index (χ4v) is 1.92. The first-order valence-electron chi connectivity index (χ1n) is 6.23. The number of benzene rings is 2. The lowest BCUT2D eigenvalue weighted by Gasteiger charge is -2.13. The molecule has 0 atom stereocenters. The number of hydrogen-bond acceptors (Lipinski definition) is 3. The third-order valence-electron chi connectivity index (χ3n) is 3.25. The second-order valence-corrected chi connectivity index (χ2v) is 4.56. The zero-order valence-electron chi connectivity index (χ0n) is 11.6. The molecule has 0 bridgehead atoms. The molecule has 0 aliphatic heterocycles. The van der Waals surface area contributed by atoms with Crippen LogP contribution >= 0.6 is 0 Å². The van der Waals surface area contributed by atoms with Crippen molar-refractivity contribution in [3.05, 3.63) is 53.1 Å². The van der Waals surface area contributed by atoms with Crippen molar-refractivity contribution in [3.63, 3.8) is 0 Å². The zero-order chi connectivity index (χ0) is 13.8. The van der Waals surface area contributed by atoms with Crippen LogP contribution in [0.4, 0.5) is 5.69 Å². The minimum atomic E-state index is 0.466. The smallest absolute Gasteiger partial charge is 0.127 e. The van der Waals surface area contributed by atoms with Crippen LogP contribution in [0.15, 0.2) is 36.4 Å². The van der Waals surface area contributed by atoms with Crippen LogP contribution in [-0.2, 0) is 6.61 Å². The van der Waals surface area contributed by atoms with Gasteiger partial charge in [-0.05, 0) is 43.2 Å². The van der Waals surface area contributed by atoms with E-state index in [1.54, 1.807) is 7.11 Å². The number of aryl methyl sites for hydroxylation is 1. The molecule has 0 fully saturated rings. The third kappa shape index (κ3) is 2.99. The molecular formula is C16H19NO2. The molecule has 0 spiro atoms. The molecule has 0 amide bonds. The third-order valence-corrected chi connectivity index (χ3v) is 3.25. The van der Waals surface area contributed by atoms with Gasteiger partial charge < -0.3 is 15.2 Å². The molecule has 0 saturated heterocycles. The highest BCUT2D eigenvalue weighted by atomic mass is 16.5. The van der Waals surface area contributed by atoms with Crippen molar-refractivity contribution >= 4 is 5.69 Å². The molecule has 3 nitrogen and oxygen atoms in total. The summed E-state index contributed by atoms with van der Waals surface area (Å²) in [6.07, 6.45) is 0. The van der Waals surface area contributed by atoms with Crippen molar-refractivity contribution in [1.29, 1.82) is 0 Å². The van der Waals surface area contributed by atoms with Gasteiger partial charge in [0.1, 0.15) is 18.1 Å². The summed E-state index contributed by atoms with van der Waals surface area (Å²) in [5.41, 5.74) is 9.79. The summed E-state index contributed by atoms with van der Waals surface area (Å²) < 4.78 is 11.2. The number of nitrogens with two attached hydrogens (primary N) is 1. The number of rotatable bonds is 4. The first-order chi connectivity index (χ1) is 9.11. The number of methoxy groups -OCH3 is 1. The molecule has 2 aromatic carbocycles. The summed E-state index contributed by atoms with van der Waals surface area (Å²) >= 11 is 0. The Morgan fingerprint density at radius 3 is 2.58 bits per heavy atom. The Hall–Kier alpha value is -2.16. The Morgan fingerprint density at radius 1 is 1.05 bits per heavy atom. The van der Waals surface area contributed by atoms with Crippen LogP contribution in [0.3, 0.4) is 0 Å². The van der Waals surface area contributed by atoms with E-state index in [4.69, 9.17) is 15.2 Å². The lowest BCUT2D eigenvalue weighted by molar-refractivity contribution is 0.294. The van der Waals surface area contributed by atoms with Gasteiger partial charge in [0, 0.05) is 17.3 Å². The largest absolute Gasteiger partial charge is 0.496 e. The fourth-order valence-electron chi connectivity index (χ4n) is 1.92. The average Bonchev–Trinajstić information content (AvgIpc) is 2.41. The Balaban J connectivity index is 2.17. The van der Waals surface area contributed by atoms with Gasteiger partial charge in [-0.15, -0.1) is 0 Å². The second kappa shape index (κ2) is 5.65. The van der Waals surface area contributed by atoms with Crippen LogP contribution in [0.2, 0.25) is 0 Å². The highest BCUT2D eigenvalue weighted by Gasteiger charge is 2.06. The quantitative estimate of drug-likeness (QED) is 0.853. The molecule has 19 heavy (non-hydrogen) atoms. The van der Waals surface area contributed by atoms with Gasteiger partial charge in [-0.25, -0.2) is 0 Å². The topological polar surface area (TPSA) is 44.5 Å². The van der Waals surface area contributed by atoms with Crippen LogP contribution < -0.4 is 15.2 Å². The molecular weight excluding hydrogens is 238 g/mol. The number of nitrogen functional groups attached to an aromatic ring is 1. The lowest BCUT2D eigenvalue weighted by Crippen LogP contribution is -2.01. The van der Waals surface area contributed by atoms with E-state index >= 15 is 0 Å². The van der Waals surface area contributed by atoms with E-state index in [9.17, 15) is 0 Å². The Labute approximate surface area is 114 Å². The Bertz CT molecular complexity index is 579. The predicted molar refractivity (Wildman–Crippen MR) is 77.7 cm³/mol. The standard InChI is InChI=1S/C16H19NO2/c1-11-5-4-6-15(12(11)2)19-10-13-7-8-14(17)9-16(13)18-3/h4-9H,10,17H2,1-3H3. The van der Waals surface area contributed by atoms with Gasteiger partial charge in [-0.1, -0.05) is 12.1 Å². The van der Waals surface area contributed by atoms with E-state index in [0.717, 1.165) is 22.6 Å². The highest BCUT2D eigenvalue weighted by molar-refractivity contribution is 5.48. The molecule has 0 aliphatic rings. The van der Waals surface area contributed by atoms with Gasteiger partial charge in [0.15, 0.2) is 0 Å². The van der Waals surface area contributed by atoms with Gasteiger partial charge in [0.25, 0.3) is 0 Å². The predicted octanol–water partition coefficient (Wildman–Crippen LogP) is 3.47. The maximum Gasteiger partial charge on any atom is 0.127 e. The number of hydrogen-bond donors (Lipinski definition) is 1. The first-order valence-corrected chi connectivity index (χ1v) is 6.23. The fraction of sp³-hybridized carbons (Fsp3) is 0.250.